The maximum atomic E-state index is 8.03. The number of rotatable bonds is 0. The van der Waals surface area contributed by atoms with Crippen LogP contribution in [0, 0.1) is 0 Å². The first kappa shape index (κ1) is 3.15. The van der Waals surface area contributed by atoms with E-state index in [1.807, 2.05) is 0 Å². The fourth-order valence-corrected chi connectivity index (χ4v) is 0.0861. The number of hydrogen-bond acceptors (Lipinski definition) is 3. The van der Waals surface area contributed by atoms with Gasteiger partial charge in [-0.1, -0.05) is 0 Å². The van der Waals surface area contributed by atoms with Crippen LogP contribution in [0.2, 0.25) is 0 Å². The van der Waals surface area contributed by atoms with Crippen molar-refractivity contribution in [2.75, 3.05) is 6.51 Å². The molecule has 0 aromatic carbocycles. The Morgan fingerprint density at radius 3 is 1.80 bits per heavy atom. The molecule has 0 aromatic rings. The Bertz CT molecular complexity index is 44.9. The molecule has 5 heavy (non-hydrogen) atoms. The number of hydrogen-bond donors (Lipinski definition) is 2. The van der Waals surface area contributed by atoms with Crippen molar-refractivity contribution in [1.29, 1.82) is 0 Å². The van der Waals surface area contributed by atoms with Gasteiger partial charge in [0.2, 0.25) is 0 Å². The normalized spacial score (nSPS) is 30.0. The average molecular weight is 74.9 g/mol. The SMILES string of the molecule is O[B-]1(O)CO1. The predicted octanol–water partition coefficient (Wildman–Crippen LogP) is -1.52. The summed E-state index contributed by atoms with van der Waals surface area (Å²) >= 11 is 0. The molecule has 0 spiro atoms. The molecule has 1 rings (SSSR count). The molecular formula is CH4BO3-. The highest BCUT2D eigenvalue weighted by Gasteiger charge is 2.33. The van der Waals surface area contributed by atoms with Gasteiger partial charge in [0.15, 0.2) is 0 Å². The Labute approximate surface area is 29.2 Å². The Balaban J connectivity index is 2.38. The Morgan fingerprint density at radius 2 is 1.80 bits per heavy atom. The minimum atomic E-state index is -2.25. The molecule has 3 nitrogen and oxygen atoms in total. The van der Waals surface area contributed by atoms with Crippen LogP contribution in [0.1, 0.15) is 0 Å². The van der Waals surface area contributed by atoms with Gasteiger partial charge >= 0.3 is 6.75 Å². The Hall–Kier alpha value is -0.0551. The van der Waals surface area contributed by atoms with Gasteiger partial charge in [-0.25, -0.2) is 0 Å². The van der Waals surface area contributed by atoms with E-state index in [9.17, 15) is 0 Å². The van der Waals surface area contributed by atoms with Crippen LogP contribution in [0.5, 0.6) is 0 Å². The Morgan fingerprint density at radius 1 is 1.60 bits per heavy atom. The first-order valence-electron chi connectivity index (χ1n) is 1.45. The summed E-state index contributed by atoms with van der Waals surface area (Å²) in [5.74, 6) is 0. The predicted molar refractivity (Wildman–Crippen MR) is 16.1 cm³/mol. The molecule has 1 aliphatic rings. The summed E-state index contributed by atoms with van der Waals surface area (Å²) in [6, 6.07) is 0. The Kier molecular flexibility index (Phi) is 0.341. The molecule has 1 fully saturated rings. The van der Waals surface area contributed by atoms with E-state index in [1.165, 1.54) is 0 Å². The summed E-state index contributed by atoms with van der Waals surface area (Å²) < 4.78 is 4.07. The molecule has 0 aliphatic carbocycles. The molecule has 1 aliphatic heterocycles. The van der Waals surface area contributed by atoms with Crippen LogP contribution in [-0.2, 0) is 4.65 Å². The topological polar surface area (TPSA) is 53.0 Å². The van der Waals surface area contributed by atoms with Crippen molar-refractivity contribution >= 4 is 6.75 Å². The molecule has 2 N–H and O–H groups in total. The van der Waals surface area contributed by atoms with Crippen molar-refractivity contribution in [2.24, 2.45) is 0 Å². The van der Waals surface area contributed by atoms with Gasteiger partial charge in [-0.05, 0) is 6.51 Å². The van der Waals surface area contributed by atoms with E-state index in [0.29, 0.717) is 0 Å². The standard InChI is InChI=1S/CH4BO3/c3-2(4)1-5-2/h3-4H,1H2/q-1. The van der Waals surface area contributed by atoms with Gasteiger partial charge in [-0.2, -0.15) is 0 Å². The van der Waals surface area contributed by atoms with Crippen molar-refractivity contribution < 1.29 is 14.7 Å². The molecule has 0 aromatic heterocycles. The molecule has 0 atom stereocenters. The average Bonchev–Trinajstić information content (AvgIpc) is 1.76. The van der Waals surface area contributed by atoms with Gasteiger partial charge in [-0.3, -0.25) is 0 Å². The second-order valence-electron chi connectivity index (χ2n) is 1.19. The first-order chi connectivity index (χ1) is 2.21. The van der Waals surface area contributed by atoms with E-state index < -0.39 is 6.75 Å². The maximum absolute atomic E-state index is 8.03. The molecule has 0 bridgehead atoms. The van der Waals surface area contributed by atoms with Crippen molar-refractivity contribution in [2.45, 2.75) is 0 Å². The third-order valence-corrected chi connectivity index (χ3v) is 0.465. The monoisotopic (exact) mass is 75.0 g/mol. The first-order valence-corrected chi connectivity index (χ1v) is 1.45. The van der Waals surface area contributed by atoms with E-state index >= 15 is 0 Å². The van der Waals surface area contributed by atoms with Crippen LogP contribution in [0.3, 0.4) is 0 Å². The summed E-state index contributed by atoms with van der Waals surface area (Å²) in [6.07, 6.45) is 0. The summed E-state index contributed by atoms with van der Waals surface area (Å²) in [6.45, 7) is -2.12. The van der Waals surface area contributed by atoms with Crippen molar-refractivity contribution in [1.82, 2.24) is 0 Å². The second kappa shape index (κ2) is 0.542. The van der Waals surface area contributed by atoms with Gasteiger partial charge in [0.05, 0.1) is 0 Å². The highest BCUT2D eigenvalue weighted by Crippen LogP contribution is 2.09. The van der Waals surface area contributed by atoms with Crippen molar-refractivity contribution in [3.8, 4) is 0 Å². The van der Waals surface area contributed by atoms with Crippen LogP contribution in [0.4, 0.5) is 0 Å². The largest absolute Gasteiger partial charge is 0.566 e. The maximum Gasteiger partial charge on any atom is 0.392 e. The summed E-state index contributed by atoms with van der Waals surface area (Å²) in [4.78, 5) is 0. The third-order valence-electron chi connectivity index (χ3n) is 0.465. The molecule has 1 heterocycles. The fraction of sp³-hybridized carbons (Fsp3) is 1.00. The van der Waals surface area contributed by atoms with Gasteiger partial charge in [-0.15, -0.1) is 0 Å². The lowest BCUT2D eigenvalue weighted by Crippen LogP contribution is -2.13. The minimum Gasteiger partial charge on any atom is -0.566 e. The lowest BCUT2D eigenvalue weighted by molar-refractivity contribution is 0.328. The van der Waals surface area contributed by atoms with E-state index in [2.05, 4.69) is 4.65 Å². The molecule has 4 heteroatoms. The highest BCUT2D eigenvalue weighted by molar-refractivity contribution is 6.65. The minimum absolute atomic E-state index is 0.125. The van der Waals surface area contributed by atoms with Gasteiger partial charge in [0.1, 0.15) is 0 Å². The molecule has 30 valence electrons. The van der Waals surface area contributed by atoms with Crippen LogP contribution >= 0.6 is 0 Å². The zero-order valence-electron chi connectivity index (χ0n) is 2.59. The van der Waals surface area contributed by atoms with E-state index in [4.69, 9.17) is 10.0 Å². The zero-order chi connectivity index (χ0) is 3.91. The van der Waals surface area contributed by atoms with E-state index in [0.717, 1.165) is 0 Å². The molecule has 0 saturated carbocycles. The lowest BCUT2D eigenvalue weighted by atomic mass is 9.95. The summed E-state index contributed by atoms with van der Waals surface area (Å²) in [5, 5.41) is 16.1. The van der Waals surface area contributed by atoms with Crippen LogP contribution in [-0.4, -0.2) is 23.3 Å². The van der Waals surface area contributed by atoms with E-state index in [-0.39, 0.29) is 6.51 Å². The van der Waals surface area contributed by atoms with Gasteiger partial charge < -0.3 is 14.7 Å². The summed E-state index contributed by atoms with van der Waals surface area (Å²) in [5.41, 5.74) is 0. The zero-order valence-corrected chi connectivity index (χ0v) is 2.59. The quantitative estimate of drug-likeness (QED) is 0.271. The van der Waals surface area contributed by atoms with Crippen LogP contribution in [0.25, 0.3) is 0 Å². The molecule has 0 unspecified atom stereocenters. The highest BCUT2D eigenvalue weighted by atomic mass is 16.7. The molecule has 0 radical (unpaired) electrons. The van der Waals surface area contributed by atoms with Gasteiger partial charge in [0, 0.05) is 0 Å². The second-order valence-corrected chi connectivity index (χ2v) is 1.19. The molecule has 0 amide bonds. The van der Waals surface area contributed by atoms with E-state index in [1.54, 1.807) is 0 Å². The lowest BCUT2D eigenvalue weighted by Gasteiger charge is -1.90. The third kappa shape index (κ3) is 0.610. The fourth-order valence-electron chi connectivity index (χ4n) is 0.0861. The summed E-state index contributed by atoms with van der Waals surface area (Å²) in [7, 11) is 0. The van der Waals surface area contributed by atoms with Gasteiger partial charge in [0.25, 0.3) is 0 Å². The van der Waals surface area contributed by atoms with Crippen molar-refractivity contribution in [3.63, 3.8) is 0 Å². The smallest absolute Gasteiger partial charge is 0.392 e. The molecular weight excluding hydrogens is 70.8 g/mol. The van der Waals surface area contributed by atoms with Crippen LogP contribution < -0.4 is 0 Å². The van der Waals surface area contributed by atoms with Crippen LogP contribution in [0.15, 0.2) is 0 Å². The van der Waals surface area contributed by atoms with Crippen molar-refractivity contribution in [3.05, 3.63) is 0 Å². The molecule has 1 saturated heterocycles.